The molecule has 4 aliphatic rings. The van der Waals surface area contributed by atoms with E-state index in [4.69, 9.17) is 26.1 Å². The Labute approximate surface area is 230 Å². The third-order valence-electron chi connectivity index (χ3n) is 9.35. The Morgan fingerprint density at radius 2 is 1.92 bits per heavy atom. The van der Waals surface area contributed by atoms with Gasteiger partial charge in [0.25, 0.3) is 0 Å². The quantitative estimate of drug-likeness (QED) is 0.511. The Bertz CT molecular complexity index is 1170. The summed E-state index contributed by atoms with van der Waals surface area (Å²) in [5.74, 6) is 1.42. The molecule has 1 N–H and O–H groups in total. The van der Waals surface area contributed by atoms with Crippen LogP contribution in [-0.4, -0.2) is 67.0 Å². The summed E-state index contributed by atoms with van der Waals surface area (Å²) >= 11 is 6.61. The van der Waals surface area contributed by atoms with Crippen LogP contribution in [0, 0.1) is 28.1 Å². The molecule has 2 aromatic heterocycles. The van der Waals surface area contributed by atoms with Crippen molar-refractivity contribution in [3.63, 3.8) is 0 Å². The number of aromatic nitrogens is 2. The molecule has 1 saturated carbocycles. The molecule has 1 spiro atoms. The van der Waals surface area contributed by atoms with Crippen LogP contribution in [0.1, 0.15) is 50.6 Å². The number of anilines is 1. The van der Waals surface area contributed by atoms with Gasteiger partial charge < -0.3 is 14.8 Å². The maximum Gasteiger partial charge on any atom is 0.126 e. The lowest BCUT2D eigenvalue weighted by molar-refractivity contribution is -0.106. The molecule has 0 bridgehead atoms. The van der Waals surface area contributed by atoms with Gasteiger partial charge in [-0.25, -0.2) is 4.98 Å². The van der Waals surface area contributed by atoms with Crippen molar-refractivity contribution in [3.8, 4) is 17.3 Å². The summed E-state index contributed by atoms with van der Waals surface area (Å²) in [7, 11) is 0. The number of nitrogens with zero attached hydrogens (tertiary/aromatic N) is 4. The fourth-order valence-electron chi connectivity index (χ4n) is 6.74. The molecule has 6 rings (SSSR count). The lowest BCUT2D eigenvalue weighted by Crippen LogP contribution is -2.46. The Balaban J connectivity index is 1.07. The van der Waals surface area contributed by atoms with Gasteiger partial charge in [-0.05, 0) is 82.0 Å². The van der Waals surface area contributed by atoms with E-state index in [0.717, 1.165) is 61.3 Å². The fourth-order valence-corrected chi connectivity index (χ4v) is 6.94. The number of rotatable bonds is 7. The van der Waals surface area contributed by atoms with Crippen LogP contribution < -0.4 is 5.32 Å². The highest BCUT2D eigenvalue weighted by Gasteiger charge is 2.46. The highest BCUT2D eigenvalue weighted by atomic mass is 35.5. The SMILES string of the molecule is N#CC1(CNc2cccc(-c3cc(CC4CCC(N5CCC6(COC6)C5)CC4)ncc3Cl)n2)CCOCC1. The molecule has 0 radical (unpaired) electrons. The van der Waals surface area contributed by atoms with E-state index in [-0.39, 0.29) is 0 Å². The normalized spacial score (nSPS) is 26.5. The smallest absolute Gasteiger partial charge is 0.126 e. The maximum atomic E-state index is 9.76. The lowest BCUT2D eigenvalue weighted by Gasteiger charge is -2.40. The molecule has 3 saturated heterocycles. The van der Waals surface area contributed by atoms with Crippen molar-refractivity contribution in [1.29, 1.82) is 5.26 Å². The van der Waals surface area contributed by atoms with Gasteiger partial charge in [-0.3, -0.25) is 9.88 Å². The van der Waals surface area contributed by atoms with E-state index in [1.165, 1.54) is 45.2 Å². The molecular formula is C30H38ClN5O2. The van der Waals surface area contributed by atoms with Crippen LogP contribution in [-0.2, 0) is 15.9 Å². The molecule has 5 heterocycles. The van der Waals surface area contributed by atoms with E-state index in [1.54, 1.807) is 6.20 Å². The first-order chi connectivity index (χ1) is 18.6. The van der Waals surface area contributed by atoms with Crippen molar-refractivity contribution >= 4 is 17.4 Å². The molecule has 4 fully saturated rings. The molecule has 0 amide bonds. The summed E-state index contributed by atoms with van der Waals surface area (Å²) in [6.07, 6.45) is 10.6. The van der Waals surface area contributed by atoms with Crippen LogP contribution in [0.15, 0.2) is 30.5 Å². The molecule has 0 atom stereocenters. The third-order valence-corrected chi connectivity index (χ3v) is 9.65. The zero-order valence-corrected chi connectivity index (χ0v) is 22.9. The molecule has 38 heavy (non-hydrogen) atoms. The zero-order valence-electron chi connectivity index (χ0n) is 22.1. The van der Waals surface area contributed by atoms with Crippen molar-refractivity contribution in [2.75, 3.05) is 51.4 Å². The van der Waals surface area contributed by atoms with Crippen molar-refractivity contribution in [1.82, 2.24) is 14.9 Å². The molecule has 7 nitrogen and oxygen atoms in total. The number of hydrogen-bond donors (Lipinski definition) is 1. The van der Waals surface area contributed by atoms with Crippen LogP contribution in [0.4, 0.5) is 5.82 Å². The number of nitrogens with one attached hydrogen (secondary N) is 1. The Morgan fingerprint density at radius 1 is 1.11 bits per heavy atom. The predicted octanol–water partition coefficient (Wildman–Crippen LogP) is 5.35. The van der Waals surface area contributed by atoms with Gasteiger partial charge in [0.1, 0.15) is 5.82 Å². The second kappa shape index (κ2) is 11.1. The Hall–Kier alpha value is -2.24. The lowest BCUT2D eigenvalue weighted by atomic mass is 9.82. The molecule has 1 aliphatic carbocycles. The van der Waals surface area contributed by atoms with E-state index < -0.39 is 5.41 Å². The van der Waals surface area contributed by atoms with Crippen molar-refractivity contribution < 1.29 is 9.47 Å². The summed E-state index contributed by atoms with van der Waals surface area (Å²) in [6, 6.07) is 11.3. The van der Waals surface area contributed by atoms with Crippen LogP contribution in [0.25, 0.3) is 11.3 Å². The van der Waals surface area contributed by atoms with Gasteiger partial charge in [-0.15, -0.1) is 0 Å². The van der Waals surface area contributed by atoms with Crippen LogP contribution >= 0.6 is 11.6 Å². The topological polar surface area (TPSA) is 83.3 Å². The molecule has 3 aliphatic heterocycles. The summed E-state index contributed by atoms with van der Waals surface area (Å²) in [4.78, 5) is 12.3. The number of hydrogen-bond acceptors (Lipinski definition) is 7. The summed E-state index contributed by atoms with van der Waals surface area (Å²) in [5.41, 5.74) is 2.90. The second-order valence-corrected chi connectivity index (χ2v) is 12.4. The number of ether oxygens (including phenoxy) is 2. The summed E-state index contributed by atoms with van der Waals surface area (Å²) in [5, 5.41) is 13.8. The second-order valence-electron chi connectivity index (χ2n) is 12.0. The van der Waals surface area contributed by atoms with E-state index in [0.29, 0.717) is 36.1 Å². The Kier molecular flexibility index (Phi) is 7.59. The largest absolute Gasteiger partial charge is 0.381 e. The number of pyridine rings is 2. The first-order valence-electron chi connectivity index (χ1n) is 14.2. The molecule has 8 heteroatoms. The number of likely N-dealkylation sites (tertiary alicyclic amines) is 1. The number of nitriles is 1. The van der Waals surface area contributed by atoms with Crippen molar-refractivity contribution in [2.24, 2.45) is 16.7 Å². The fraction of sp³-hybridized carbons (Fsp3) is 0.633. The van der Waals surface area contributed by atoms with Gasteiger partial charge in [-0.2, -0.15) is 5.26 Å². The van der Waals surface area contributed by atoms with Crippen molar-refractivity contribution in [3.05, 3.63) is 41.2 Å². The average Bonchev–Trinajstić information content (AvgIpc) is 3.41. The first-order valence-corrected chi connectivity index (χ1v) is 14.6. The Morgan fingerprint density at radius 3 is 2.63 bits per heavy atom. The molecule has 2 aromatic rings. The zero-order chi connectivity index (χ0) is 26.0. The predicted molar refractivity (Wildman–Crippen MR) is 148 cm³/mol. The standard InChI is InChI=1S/C30H38ClN5O2/c31-26-16-33-23(14-22-4-6-24(7-5-22)36-11-8-30(19-36)20-38-21-30)15-25(26)27-2-1-3-28(35-27)34-18-29(17-32)9-12-37-13-10-29/h1-3,15-16,22,24H,4-14,18-21H2,(H,34,35). The number of halogens is 1. The van der Waals surface area contributed by atoms with E-state index in [1.807, 2.05) is 18.2 Å². The van der Waals surface area contributed by atoms with Crippen LogP contribution in [0.2, 0.25) is 5.02 Å². The van der Waals surface area contributed by atoms with Gasteiger partial charge in [0, 0.05) is 55.2 Å². The van der Waals surface area contributed by atoms with E-state index >= 15 is 0 Å². The highest BCUT2D eigenvalue weighted by Crippen LogP contribution is 2.41. The third kappa shape index (κ3) is 5.56. The van der Waals surface area contributed by atoms with Crippen LogP contribution in [0.3, 0.4) is 0 Å². The van der Waals surface area contributed by atoms with Crippen LogP contribution in [0.5, 0.6) is 0 Å². The summed E-state index contributed by atoms with van der Waals surface area (Å²) in [6.45, 7) is 6.24. The van der Waals surface area contributed by atoms with Gasteiger partial charge in [0.05, 0.1) is 35.4 Å². The van der Waals surface area contributed by atoms with E-state index in [9.17, 15) is 5.26 Å². The monoisotopic (exact) mass is 535 g/mol. The molecular weight excluding hydrogens is 498 g/mol. The highest BCUT2D eigenvalue weighted by molar-refractivity contribution is 6.33. The van der Waals surface area contributed by atoms with Gasteiger partial charge in [-0.1, -0.05) is 17.7 Å². The molecule has 0 unspecified atom stereocenters. The minimum absolute atomic E-state index is 0.405. The first kappa shape index (κ1) is 26.0. The maximum absolute atomic E-state index is 9.76. The summed E-state index contributed by atoms with van der Waals surface area (Å²) < 4.78 is 11.0. The minimum Gasteiger partial charge on any atom is -0.381 e. The van der Waals surface area contributed by atoms with E-state index in [2.05, 4.69) is 27.3 Å². The average molecular weight is 536 g/mol. The van der Waals surface area contributed by atoms with Crippen molar-refractivity contribution in [2.45, 2.75) is 57.4 Å². The molecule has 0 aromatic carbocycles. The minimum atomic E-state index is -0.405. The van der Waals surface area contributed by atoms with Gasteiger partial charge >= 0.3 is 0 Å². The van der Waals surface area contributed by atoms with Gasteiger partial charge in [0.15, 0.2) is 0 Å². The molecule has 202 valence electrons. The van der Waals surface area contributed by atoms with Gasteiger partial charge in [0.2, 0.25) is 0 Å².